The predicted molar refractivity (Wildman–Crippen MR) is 127 cm³/mol. The van der Waals surface area contributed by atoms with Crippen LogP contribution in [0.5, 0.6) is 5.75 Å². The first-order valence-electron chi connectivity index (χ1n) is 11.0. The summed E-state index contributed by atoms with van der Waals surface area (Å²) in [6, 6.07) is 19.0. The zero-order valence-electron chi connectivity index (χ0n) is 18.6. The fourth-order valence-corrected chi connectivity index (χ4v) is 5.39. The molecule has 1 amide bonds. The molecule has 0 aromatic heterocycles. The van der Waals surface area contributed by atoms with E-state index in [0.717, 1.165) is 16.3 Å². The number of nitrogens with one attached hydrogen (secondary N) is 1. The topological polar surface area (TPSA) is 84.9 Å². The first kappa shape index (κ1) is 23.2. The van der Waals surface area contributed by atoms with Crippen LogP contribution in [0.3, 0.4) is 0 Å². The number of nitrogens with zero attached hydrogens (tertiary/aromatic N) is 1. The van der Waals surface area contributed by atoms with Crippen LogP contribution in [-0.4, -0.2) is 52.0 Å². The molecule has 1 saturated heterocycles. The van der Waals surface area contributed by atoms with E-state index in [1.54, 1.807) is 18.2 Å². The van der Waals surface area contributed by atoms with E-state index in [0.29, 0.717) is 50.6 Å². The van der Waals surface area contributed by atoms with Crippen LogP contribution >= 0.6 is 0 Å². The summed E-state index contributed by atoms with van der Waals surface area (Å²) in [5, 5.41) is 5.24. The van der Waals surface area contributed by atoms with Crippen LogP contribution in [0.15, 0.2) is 65.6 Å². The van der Waals surface area contributed by atoms with Gasteiger partial charge in [0.1, 0.15) is 5.75 Å². The van der Waals surface area contributed by atoms with E-state index >= 15 is 0 Å². The third kappa shape index (κ3) is 5.52. The van der Waals surface area contributed by atoms with Crippen LogP contribution in [0, 0.1) is 0 Å². The molecule has 1 aliphatic rings. The number of carbonyl (C=O) groups excluding carboxylic acids is 1. The van der Waals surface area contributed by atoms with Gasteiger partial charge in [-0.05, 0) is 52.6 Å². The SMILES string of the molecule is COc1ccc(S(=O)(=O)N2CCOCC2)cc1CCC(=O)NCc1ccc2ccccc2c1. The lowest BCUT2D eigenvalue weighted by molar-refractivity contribution is -0.121. The van der Waals surface area contributed by atoms with E-state index in [9.17, 15) is 13.2 Å². The molecular formula is C25H28N2O5S. The number of hydrogen-bond acceptors (Lipinski definition) is 5. The van der Waals surface area contributed by atoms with Crippen molar-refractivity contribution in [2.45, 2.75) is 24.3 Å². The van der Waals surface area contributed by atoms with E-state index in [-0.39, 0.29) is 17.2 Å². The number of sulfonamides is 1. The highest BCUT2D eigenvalue weighted by molar-refractivity contribution is 7.89. The third-order valence-electron chi connectivity index (χ3n) is 5.78. The van der Waals surface area contributed by atoms with Crippen LogP contribution in [0.25, 0.3) is 10.8 Å². The molecule has 33 heavy (non-hydrogen) atoms. The van der Waals surface area contributed by atoms with Crippen molar-refractivity contribution in [1.82, 2.24) is 9.62 Å². The van der Waals surface area contributed by atoms with Crippen LogP contribution in [0.2, 0.25) is 0 Å². The smallest absolute Gasteiger partial charge is 0.243 e. The highest BCUT2D eigenvalue weighted by atomic mass is 32.2. The summed E-state index contributed by atoms with van der Waals surface area (Å²) in [6.07, 6.45) is 0.601. The number of aryl methyl sites for hydroxylation is 1. The van der Waals surface area contributed by atoms with E-state index in [4.69, 9.17) is 9.47 Å². The lowest BCUT2D eigenvalue weighted by atomic mass is 10.1. The molecule has 1 heterocycles. The second-order valence-corrected chi connectivity index (χ2v) is 9.89. The summed E-state index contributed by atoms with van der Waals surface area (Å²) in [7, 11) is -2.08. The lowest BCUT2D eigenvalue weighted by Gasteiger charge is -2.26. The Kier molecular flexibility index (Phi) is 7.27. The van der Waals surface area contributed by atoms with Crippen molar-refractivity contribution in [3.05, 3.63) is 71.8 Å². The maximum atomic E-state index is 13.0. The Balaban J connectivity index is 1.40. The Bertz CT molecular complexity index is 1240. The zero-order chi connectivity index (χ0) is 23.3. The largest absolute Gasteiger partial charge is 0.496 e. The van der Waals surface area contributed by atoms with Gasteiger partial charge in [0.05, 0.1) is 25.2 Å². The number of hydrogen-bond donors (Lipinski definition) is 1. The number of fused-ring (bicyclic) bond motifs is 1. The molecule has 4 rings (SSSR count). The molecule has 1 N–H and O–H groups in total. The molecule has 8 heteroatoms. The highest BCUT2D eigenvalue weighted by Crippen LogP contribution is 2.26. The summed E-state index contributed by atoms with van der Waals surface area (Å²) >= 11 is 0. The van der Waals surface area contributed by atoms with Crippen molar-refractivity contribution in [3.63, 3.8) is 0 Å². The van der Waals surface area contributed by atoms with Gasteiger partial charge in [-0.2, -0.15) is 4.31 Å². The molecule has 0 unspecified atom stereocenters. The number of methoxy groups -OCH3 is 1. The second kappa shape index (κ2) is 10.3. The van der Waals surface area contributed by atoms with Crippen LogP contribution in [0.1, 0.15) is 17.5 Å². The number of carbonyl (C=O) groups is 1. The number of rotatable bonds is 8. The van der Waals surface area contributed by atoms with Crippen molar-refractivity contribution in [2.24, 2.45) is 0 Å². The van der Waals surface area contributed by atoms with Gasteiger partial charge in [-0.15, -0.1) is 0 Å². The maximum absolute atomic E-state index is 13.0. The Hall–Kier alpha value is -2.94. The highest BCUT2D eigenvalue weighted by Gasteiger charge is 2.27. The molecule has 0 radical (unpaired) electrons. The zero-order valence-corrected chi connectivity index (χ0v) is 19.4. The fourth-order valence-electron chi connectivity index (χ4n) is 3.93. The van der Waals surface area contributed by atoms with Crippen molar-refractivity contribution in [1.29, 1.82) is 0 Å². The summed E-state index contributed by atoms with van der Waals surface area (Å²) in [5.74, 6) is 0.463. The monoisotopic (exact) mass is 468 g/mol. The van der Waals surface area contributed by atoms with Gasteiger partial charge < -0.3 is 14.8 Å². The van der Waals surface area contributed by atoms with Gasteiger partial charge in [-0.25, -0.2) is 8.42 Å². The molecule has 0 bridgehead atoms. The fraction of sp³-hybridized carbons (Fsp3) is 0.320. The predicted octanol–water partition coefficient (Wildman–Crippen LogP) is 3.12. The van der Waals surface area contributed by atoms with Gasteiger partial charge in [-0.3, -0.25) is 4.79 Å². The van der Waals surface area contributed by atoms with E-state index in [1.165, 1.54) is 11.4 Å². The Labute approximate surface area is 194 Å². The molecule has 0 spiro atoms. The minimum Gasteiger partial charge on any atom is -0.496 e. The van der Waals surface area contributed by atoms with Gasteiger partial charge in [0.2, 0.25) is 15.9 Å². The average molecular weight is 469 g/mol. The van der Waals surface area contributed by atoms with Crippen molar-refractivity contribution in [3.8, 4) is 5.75 Å². The van der Waals surface area contributed by atoms with E-state index < -0.39 is 10.0 Å². The Morgan fingerprint density at radius 2 is 1.79 bits per heavy atom. The third-order valence-corrected chi connectivity index (χ3v) is 7.68. The number of morpholine rings is 1. The summed E-state index contributed by atoms with van der Waals surface area (Å²) in [4.78, 5) is 12.7. The first-order valence-corrected chi connectivity index (χ1v) is 12.4. The Morgan fingerprint density at radius 1 is 1.03 bits per heavy atom. The second-order valence-electron chi connectivity index (χ2n) is 7.95. The molecule has 174 valence electrons. The van der Waals surface area contributed by atoms with Crippen molar-refractivity contribution in [2.75, 3.05) is 33.4 Å². The van der Waals surface area contributed by atoms with Gasteiger partial charge in [0.25, 0.3) is 0 Å². The minimum atomic E-state index is -3.62. The lowest BCUT2D eigenvalue weighted by Crippen LogP contribution is -2.40. The van der Waals surface area contributed by atoms with Crippen molar-refractivity contribution < 1.29 is 22.7 Å². The molecule has 1 aliphatic heterocycles. The maximum Gasteiger partial charge on any atom is 0.243 e. The standard InChI is InChI=1S/C25H28N2O5S/c1-31-24-10-9-23(33(29,30)27-12-14-32-15-13-27)17-22(24)8-11-25(28)26-18-19-6-7-20-4-2-3-5-21(20)16-19/h2-7,9-10,16-17H,8,11-15,18H2,1H3,(H,26,28). The molecule has 7 nitrogen and oxygen atoms in total. The van der Waals surface area contributed by atoms with Gasteiger partial charge >= 0.3 is 0 Å². The van der Waals surface area contributed by atoms with Crippen molar-refractivity contribution >= 4 is 26.7 Å². The molecule has 0 saturated carbocycles. The quantitative estimate of drug-likeness (QED) is 0.549. The van der Waals surface area contributed by atoms with Crippen LogP contribution in [0.4, 0.5) is 0 Å². The van der Waals surface area contributed by atoms with Gasteiger partial charge in [0.15, 0.2) is 0 Å². The number of amides is 1. The number of benzene rings is 3. The normalized spacial score (nSPS) is 14.8. The first-order chi connectivity index (χ1) is 16.0. The minimum absolute atomic E-state index is 0.105. The Morgan fingerprint density at radius 3 is 2.55 bits per heavy atom. The molecule has 3 aromatic carbocycles. The van der Waals surface area contributed by atoms with E-state index in [1.807, 2.05) is 30.3 Å². The molecule has 3 aromatic rings. The van der Waals surface area contributed by atoms with Gasteiger partial charge in [0, 0.05) is 26.1 Å². The molecular weight excluding hydrogens is 440 g/mol. The summed E-state index contributed by atoms with van der Waals surface area (Å²) < 4.78 is 38.1. The molecule has 0 atom stereocenters. The molecule has 0 aliphatic carbocycles. The van der Waals surface area contributed by atoms with Gasteiger partial charge in [-0.1, -0.05) is 36.4 Å². The average Bonchev–Trinajstić information content (AvgIpc) is 2.86. The summed E-state index contributed by atoms with van der Waals surface area (Å²) in [6.45, 7) is 1.88. The van der Waals surface area contributed by atoms with Crippen LogP contribution < -0.4 is 10.1 Å². The molecule has 1 fully saturated rings. The summed E-state index contributed by atoms with van der Waals surface area (Å²) in [5.41, 5.74) is 1.71. The van der Waals surface area contributed by atoms with E-state index in [2.05, 4.69) is 17.4 Å². The van der Waals surface area contributed by atoms with Crippen LogP contribution in [-0.2, 0) is 32.5 Å². The number of ether oxygens (including phenoxy) is 2.